The molecule has 1 unspecified atom stereocenters. The molecule has 18 heavy (non-hydrogen) atoms. The minimum absolute atomic E-state index is 0.220. The molecular weight excluding hydrogens is 230 g/mol. The first-order chi connectivity index (χ1) is 8.77. The number of nitrogens with zero attached hydrogens (tertiary/aromatic N) is 3. The van der Waals surface area contributed by atoms with Gasteiger partial charge in [-0.05, 0) is 31.9 Å². The van der Waals surface area contributed by atoms with Gasteiger partial charge in [0.2, 0.25) is 0 Å². The number of nitriles is 1. The molecule has 1 aliphatic heterocycles. The van der Waals surface area contributed by atoms with E-state index >= 15 is 0 Å². The lowest BCUT2D eigenvalue weighted by atomic mass is 10.2. The van der Waals surface area contributed by atoms with Crippen molar-refractivity contribution in [1.29, 1.82) is 5.26 Å². The van der Waals surface area contributed by atoms with E-state index in [-0.39, 0.29) is 12.0 Å². The summed E-state index contributed by atoms with van der Waals surface area (Å²) in [6.45, 7) is 2.92. The average molecular weight is 245 g/mol. The Morgan fingerprint density at radius 3 is 3.28 bits per heavy atom. The highest BCUT2D eigenvalue weighted by Gasteiger charge is 2.33. The smallest absolute Gasteiger partial charge is 0.328 e. The molecule has 0 N–H and O–H groups in total. The number of carbonyl (C=O) groups excluding carboxylic acids is 1. The molecule has 0 aliphatic carbocycles. The van der Waals surface area contributed by atoms with Crippen LogP contribution in [-0.4, -0.2) is 30.1 Å². The Kier molecular flexibility index (Phi) is 3.78. The van der Waals surface area contributed by atoms with Crippen LogP contribution in [0.2, 0.25) is 0 Å². The zero-order valence-corrected chi connectivity index (χ0v) is 10.3. The predicted octanol–water partition coefficient (Wildman–Crippen LogP) is 1.49. The van der Waals surface area contributed by atoms with E-state index in [1.165, 1.54) is 0 Å². The van der Waals surface area contributed by atoms with Gasteiger partial charge >= 0.3 is 5.97 Å². The van der Waals surface area contributed by atoms with Gasteiger partial charge in [0.15, 0.2) is 5.69 Å². The van der Waals surface area contributed by atoms with Gasteiger partial charge in [-0.2, -0.15) is 5.26 Å². The monoisotopic (exact) mass is 245 g/mol. The van der Waals surface area contributed by atoms with Crippen LogP contribution in [0.5, 0.6) is 0 Å². The number of hydrogen-bond acceptors (Lipinski definition) is 5. The fraction of sp³-hybridized carbons (Fsp3) is 0.462. The van der Waals surface area contributed by atoms with Crippen LogP contribution in [0.25, 0.3) is 0 Å². The molecule has 5 nitrogen and oxygen atoms in total. The SMILES string of the molecule is CCOC(=O)C1CCCN1c1cccnc1C#N. The Morgan fingerprint density at radius 2 is 2.56 bits per heavy atom. The second-order valence-electron chi connectivity index (χ2n) is 4.09. The Bertz CT molecular complexity index is 481. The summed E-state index contributed by atoms with van der Waals surface area (Å²) < 4.78 is 5.07. The lowest BCUT2D eigenvalue weighted by Crippen LogP contribution is -2.37. The van der Waals surface area contributed by atoms with E-state index in [0.717, 1.165) is 25.1 Å². The van der Waals surface area contributed by atoms with E-state index in [2.05, 4.69) is 11.1 Å². The Labute approximate surface area is 106 Å². The van der Waals surface area contributed by atoms with Crippen LogP contribution < -0.4 is 4.90 Å². The quantitative estimate of drug-likeness (QED) is 0.755. The average Bonchev–Trinajstić information content (AvgIpc) is 2.88. The van der Waals surface area contributed by atoms with E-state index < -0.39 is 0 Å². The molecule has 2 heterocycles. The second-order valence-corrected chi connectivity index (χ2v) is 4.09. The van der Waals surface area contributed by atoms with Crippen LogP contribution >= 0.6 is 0 Å². The van der Waals surface area contributed by atoms with Crippen LogP contribution in [0.1, 0.15) is 25.5 Å². The molecule has 5 heteroatoms. The van der Waals surface area contributed by atoms with Gasteiger partial charge in [0.05, 0.1) is 12.3 Å². The molecule has 1 aromatic heterocycles. The van der Waals surface area contributed by atoms with Gasteiger partial charge in [-0.3, -0.25) is 0 Å². The van der Waals surface area contributed by atoms with Crippen LogP contribution in [0, 0.1) is 11.3 Å². The van der Waals surface area contributed by atoms with Crippen LogP contribution in [-0.2, 0) is 9.53 Å². The zero-order chi connectivity index (χ0) is 13.0. The van der Waals surface area contributed by atoms with Crippen molar-refractivity contribution in [3.63, 3.8) is 0 Å². The second kappa shape index (κ2) is 5.50. The molecule has 0 bridgehead atoms. The molecular formula is C13H15N3O2. The third kappa shape index (κ3) is 2.28. The number of rotatable bonds is 3. The summed E-state index contributed by atoms with van der Waals surface area (Å²) in [5, 5.41) is 9.05. The topological polar surface area (TPSA) is 66.2 Å². The summed E-state index contributed by atoms with van der Waals surface area (Å²) >= 11 is 0. The van der Waals surface area contributed by atoms with E-state index in [4.69, 9.17) is 10.00 Å². The van der Waals surface area contributed by atoms with Crippen molar-refractivity contribution in [3.8, 4) is 6.07 Å². The third-order valence-electron chi connectivity index (χ3n) is 3.01. The first kappa shape index (κ1) is 12.4. The van der Waals surface area contributed by atoms with Gasteiger partial charge < -0.3 is 9.64 Å². The molecule has 0 aromatic carbocycles. The molecule has 94 valence electrons. The molecule has 1 aliphatic rings. The zero-order valence-electron chi connectivity index (χ0n) is 10.3. The van der Waals surface area contributed by atoms with Crippen LogP contribution in [0.15, 0.2) is 18.3 Å². The van der Waals surface area contributed by atoms with Gasteiger partial charge in [-0.15, -0.1) is 0 Å². The van der Waals surface area contributed by atoms with Crippen molar-refractivity contribution in [2.24, 2.45) is 0 Å². The Balaban J connectivity index is 2.26. The van der Waals surface area contributed by atoms with Crippen molar-refractivity contribution in [2.45, 2.75) is 25.8 Å². The molecule has 1 fully saturated rings. The maximum absolute atomic E-state index is 11.9. The first-order valence-corrected chi connectivity index (χ1v) is 6.06. The predicted molar refractivity (Wildman–Crippen MR) is 66.0 cm³/mol. The van der Waals surface area contributed by atoms with Crippen molar-refractivity contribution < 1.29 is 9.53 Å². The van der Waals surface area contributed by atoms with Gasteiger partial charge in [0.25, 0.3) is 0 Å². The maximum Gasteiger partial charge on any atom is 0.328 e. The van der Waals surface area contributed by atoms with Gasteiger partial charge in [0.1, 0.15) is 12.1 Å². The molecule has 0 radical (unpaired) electrons. The molecule has 0 amide bonds. The summed E-state index contributed by atoms with van der Waals surface area (Å²) in [5.74, 6) is -0.220. The van der Waals surface area contributed by atoms with Crippen LogP contribution in [0.3, 0.4) is 0 Å². The number of aromatic nitrogens is 1. The first-order valence-electron chi connectivity index (χ1n) is 6.06. The molecule has 2 rings (SSSR count). The number of anilines is 1. The number of ether oxygens (including phenoxy) is 1. The van der Waals surface area contributed by atoms with Crippen molar-refractivity contribution in [2.75, 3.05) is 18.1 Å². The summed E-state index contributed by atoms with van der Waals surface area (Å²) in [6, 6.07) is 5.37. The molecule has 0 spiro atoms. The van der Waals surface area contributed by atoms with E-state index in [1.807, 2.05) is 11.0 Å². The fourth-order valence-corrected chi connectivity index (χ4v) is 2.25. The number of esters is 1. The lowest BCUT2D eigenvalue weighted by Gasteiger charge is -2.25. The number of pyridine rings is 1. The summed E-state index contributed by atoms with van der Waals surface area (Å²) in [7, 11) is 0. The van der Waals surface area contributed by atoms with Gasteiger partial charge in [-0.25, -0.2) is 9.78 Å². The highest BCUT2D eigenvalue weighted by atomic mass is 16.5. The summed E-state index contributed by atoms with van der Waals surface area (Å²) in [4.78, 5) is 17.8. The Hall–Kier alpha value is -2.09. The molecule has 1 saturated heterocycles. The van der Waals surface area contributed by atoms with E-state index in [9.17, 15) is 4.79 Å². The highest BCUT2D eigenvalue weighted by Crippen LogP contribution is 2.27. The standard InChI is InChI=1S/C13H15N3O2/c1-2-18-13(17)12-6-4-8-16(12)11-5-3-7-15-10(11)9-14/h3,5,7,12H,2,4,6,8H2,1H3. The van der Waals surface area contributed by atoms with E-state index in [1.54, 1.807) is 19.2 Å². The molecule has 0 saturated carbocycles. The maximum atomic E-state index is 11.9. The summed E-state index contributed by atoms with van der Waals surface area (Å²) in [6.07, 6.45) is 3.26. The van der Waals surface area contributed by atoms with Crippen molar-refractivity contribution >= 4 is 11.7 Å². The number of carbonyl (C=O) groups is 1. The third-order valence-corrected chi connectivity index (χ3v) is 3.01. The number of hydrogen-bond donors (Lipinski definition) is 0. The lowest BCUT2D eigenvalue weighted by molar-refractivity contribution is -0.144. The summed E-state index contributed by atoms with van der Waals surface area (Å²) in [5.41, 5.74) is 1.07. The van der Waals surface area contributed by atoms with E-state index in [0.29, 0.717) is 12.3 Å². The Morgan fingerprint density at radius 1 is 1.72 bits per heavy atom. The minimum Gasteiger partial charge on any atom is -0.464 e. The van der Waals surface area contributed by atoms with Gasteiger partial charge in [0, 0.05) is 12.7 Å². The largest absolute Gasteiger partial charge is 0.464 e. The van der Waals surface area contributed by atoms with Crippen molar-refractivity contribution in [3.05, 3.63) is 24.0 Å². The van der Waals surface area contributed by atoms with Gasteiger partial charge in [-0.1, -0.05) is 0 Å². The normalized spacial score (nSPS) is 18.4. The highest BCUT2D eigenvalue weighted by molar-refractivity contribution is 5.81. The minimum atomic E-state index is -0.291. The fourth-order valence-electron chi connectivity index (χ4n) is 2.25. The molecule has 1 atom stereocenters. The molecule has 1 aromatic rings. The van der Waals surface area contributed by atoms with Crippen LogP contribution in [0.4, 0.5) is 5.69 Å². The van der Waals surface area contributed by atoms with Crippen molar-refractivity contribution in [1.82, 2.24) is 4.98 Å².